The first-order chi connectivity index (χ1) is 70.0. The summed E-state index contributed by atoms with van der Waals surface area (Å²) in [5.74, 6) is -17.2. The van der Waals surface area contributed by atoms with Crippen LogP contribution in [0.2, 0.25) is 0 Å². The average Bonchev–Trinajstić information content (AvgIpc) is 0.720. The van der Waals surface area contributed by atoms with Gasteiger partial charge in [-0.05, 0) is 191 Å². The smallest absolute Gasteiger partial charge is 0.323 e. The molecule has 24 nitrogen and oxygen atoms in total. The van der Waals surface area contributed by atoms with E-state index >= 15 is 0 Å². The number of fused-ring (bicyclic) bond motifs is 12. The number of benzene rings is 4. The van der Waals surface area contributed by atoms with E-state index in [0.29, 0.717) is 95.2 Å². The van der Waals surface area contributed by atoms with Gasteiger partial charge in [0.2, 0.25) is 0 Å². The topological polar surface area (TPSA) is 296 Å². The minimum absolute atomic E-state index is 0.0168. The van der Waals surface area contributed by atoms with Crippen molar-refractivity contribution in [3.63, 3.8) is 0 Å². The van der Waals surface area contributed by atoms with Crippen LogP contribution in [0.25, 0.3) is 0 Å². The van der Waals surface area contributed by atoms with Crippen molar-refractivity contribution in [3.05, 3.63) is 93.0 Å². The number of methoxy groups -OCH3 is 8. The van der Waals surface area contributed by atoms with E-state index in [2.05, 4.69) is 0 Å². The molecule has 12 rings (SSSR count). The van der Waals surface area contributed by atoms with Crippen LogP contribution in [0.4, 0.5) is 0 Å². The molecular formula is C96H152N8O16. The highest BCUT2D eigenvalue weighted by Crippen LogP contribution is 2.50. The summed E-state index contributed by atoms with van der Waals surface area (Å²) in [5, 5.41) is 0. The van der Waals surface area contributed by atoms with Gasteiger partial charge in [0.15, 0.2) is 46.0 Å². The lowest BCUT2D eigenvalue weighted by atomic mass is 9.79. The number of ether oxygens (including phenoxy) is 12. The Kier molecular flexibility index (Phi) is 21.6. The van der Waals surface area contributed by atoms with Crippen molar-refractivity contribution < 1.29 is 123 Å². The fraction of sp³-hybridized carbons (Fsp3) is 0.708. The Morgan fingerprint density at radius 3 is 0.717 bits per heavy atom. The molecule has 0 aromatic heterocycles. The molecule has 8 aliphatic heterocycles. The lowest BCUT2D eigenvalue weighted by Crippen LogP contribution is -2.51. The lowest BCUT2D eigenvalue weighted by Gasteiger charge is -2.47. The number of carbonyl (C=O) groups is 4. The Balaban J connectivity index is 0.000000227. The van der Waals surface area contributed by atoms with E-state index in [9.17, 15) is 24.7 Å². The van der Waals surface area contributed by atoms with Gasteiger partial charge in [0, 0.05) is 159 Å². The number of carbonyl (C=O) groups excluding carboxylic acids is 4. The van der Waals surface area contributed by atoms with E-state index in [1.807, 2.05) is 12.1 Å². The standard InChI is InChI=1S/4C24H38N2O4/c4*1-14(2)9-17-13-26-8-7-16-10-21(28-5)22(29-6)11-18(16)19(26)12-20(17)30-24(27)23(25)15(3)4/h4*10-11,14-15,17,19-20,23H,7-9,12-13,25H2,1-6H3/t4*17?,19?,20?,23-/m0000/s1/i2*1D3,5D3,9D2,14D,19D;2*1D3,9D2,14D,19D/t4*14?,17?,19?,20?,23-. The summed E-state index contributed by atoms with van der Waals surface area (Å²) in [6, 6.07) is 3.11. The molecule has 672 valence electrons. The highest BCUT2D eigenvalue weighted by Gasteiger charge is 2.47. The first-order valence-corrected chi connectivity index (χ1v) is 41.1. The summed E-state index contributed by atoms with van der Waals surface area (Å²) in [7, 11) is 3.24. The van der Waals surface area contributed by atoms with Crippen LogP contribution in [-0.2, 0) is 63.8 Å². The molecule has 4 aromatic rings. The SMILES string of the molecule is [2H]C([2H])([2H])Oc1cc2c(cc1OC)C1([2H])CC(OC(=O)[C@@H](N)C(C)C)C(C([2H])([2H])C([2H])(C)C([2H])([2H])[2H])CN1CC2.[2H]C([2H])([2H])Oc1cc2c(cc1OC)C1([2H])CC(OC(=O)[C@@H](N)C(C)C)C(C([2H])([2H])C([2H])(C)C([2H])([2H])[2H])CN1CC2.[2H]C12CC(OC(=O)[C@@H](N)C(C)C)C(C([2H])([2H])C([2H])(C)C([2H])([2H])[2H])CN1CCc1cc(OC)c(OC)cc12.[2H]C12CC(OC(=O)[C@@H](N)C(C)C)C(C([2H])([2H])C([2H])(C)C([2H])([2H])[2H])CN1CCc1cc(OC)c(OC)cc12. The molecule has 24 heteroatoms. The molecular weight excluding hydrogens is 1520 g/mol. The molecule has 8 aliphatic rings. The zero-order valence-corrected chi connectivity index (χ0v) is 72.8. The summed E-state index contributed by atoms with van der Waals surface area (Å²) in [5.41, 5.74) is 29.1. The van der Waals surface area contributed by atoms with E-state index in [-0.39, 0.29) is 112 Å². The van der Waals surface area contributed by atoms with Gasteiger partial charge < -0.3 is 79.8 Å². The number of hydrogen-bond acceptors (Lipinski definition) is 24. The monoisotopic (exact) mass is 1710 g/mol. The van der Waals surface area contributed by atoms with E-state index in [1.165, 1.54) is 66.9 Å². The van der Waals surface area contributed by atoms with Gasteiger partial charge in [0.1, 0.15) is 48.6 Å². The van der Waals surface area contributed by atoms with Gasteiger partial charge in [-0.2, -0.15) is 0 Å². The van der Waals surface area contributed by atoms with Crippen LogP contribution in [0.3, 0.4) is 0 Å². The third kappa shape index (κ3) is 23.8. The molecule has 0 radical (unpaired) electrons. The molecule has 4 aromatic carbocycles. The number of nitrogens with two attached hydrogens (primary N) is 4. The number of rotatable bonds is 28. The first kappa shape index (κ1) is 58.9. The van der Waals surface area contributed by atoms with Crippen LogP contribution in [0.5, 0.6) is 46.0 Å². The van der Waals surface area contributed by atoms with Crippen LogP contribution in [0.1, 0.15) is 277 Å². The second-order valence-electron chi connectivity index (χ2n) is 33.1. The van der Waals surface area contributed by atoms with E-state index < -0.39 is 211 Å². The van der Waals surface area contributed by atoms with Crippen molar-refractivity contribution in [3.8, 4) is 46.0 Å². The highest BCUT2D eigenvalue weighted by atomic mass is 16.6. The van der Waals surface area contributed by atoms with Crippen LogP contribution in [0, 0.1) is 70.9 Å². The van der Waals surface area contributed by atoms with E-state index in [0.717, 1.165) is 38.8 Å². The van der Waals surface area contributed by atoms with Gasteiger partial charge in [-0.25, -0.2) is 0 Å². The quantitative estimate of drug-likeness (QED) is 0.0303. The minimum Gasteiger partial charge on any atom is -0.493 e. The molecule has 120 heavy (non-hydrogen) atoms. The Morgan fingerprint density at radius 2 is 0.542 bits per heavy atom. The number of piperidine rings is 4. The minimum atomic E-state index is -2.99. The maximum atomic E-state index is 13.0. The molecule has 8 heterocycles. The van der Waals surface area contributed by atoms with Crippen molar-refractivity contribution in [1.82, 2.24) is 19.6 Å². The molecule has 8 N–H and O–H groups in total. The number of esters is 4. The van der Waals surface area contributed by atoms with Crippen molar-refractivity contribution in [2.24, 2.45) is 93.9 Å². The summed E-state index contributed by atoms with van der Waals surface area (Å²) in [6.45, 7) is 6.91. The number of hydrogen-bond donors (Lipinski definition) is 4. The summed E-state index contributed by atoms with van der Waals surface area (Å²) in [6.07, 6.45) is -14.4. The molecule has 0 amide bonds. The summed E-state index contributed by atoms with van der Waals surface area (Å²) in [4.78, 5) is 58.7. The van der Waals surface area contributed by atoms with Crippen LogP contribution in [-0.4, -0.2) is 201 Å². The van der Waals surface area contributed by atoms with Crippen molar-refractivity contribution in [2.75, 3.05) is 109 Å². The Morgan fingerprint density at radius 1 is 0.350 bits per heavy atom. The molecule has 0 aliphatic carbocycles. The molecule has 16 unspecified atom stereocenters. The highest BCUT2D eigenvalue weighted by molar-refractivity contribution is 5.77. The van der Waals surface area contributed by atoms with Crippen molar-refractivity contribution in [1.29, 1.82) is 0 Å². The third-order valence-electron chi connectivity index (χ3n) is 23.3. The predicted octanol–water partition coefficient (Wildman–Crippen LogP) is 14.3. The van der Waals surface area contributed by atoms with Gasteiger partial charge >= 0.3 is 23.9 Å². The first-order valence-electron chi connectivity index (χ1n) is 58.1. The molecule has 0 spiro atoms. The maximum Gasteiger partial charge on any atom is 0.323 e. The predicted molar refractivity (Wildman–Crippen MR) is 471 cm³/mol. The fourth-order valence-corrected chi connectivity index (χ4v) is 16.3. The van der Waals surface area contributed by atoms with Crippen molar-refractivity contribution in [2.45, 2.75) is 260 Å². The van der Waals surface area contributed by atoms with E-state index in [1.54, 1.807) is 87.1 Å². The Labute approximate surface area is 766 Å². The third-order valence-corrected chi connectivity index (χ3v) is 23.3. The van der Waals surface area contributed by atoms with Crippen LogP contribution < -0.4 is 60.8 Å². The molecule has 20 atom stereocenters. The van der Waals surface area contributed by atoms with Crippen LogP contribution >= 0.6 is 0 Å². The zero-order chi connectivity index (χ0) is 118. The second kappa shape index (κ2) is 43.9. The Bertz CT molecular complexity index is 5240. The van der Waals surface area contributed by atoms with Gasteiger partial charge in [0.05, 0.1) is 70.4 Å². The summed E-state index contributed by atoms with van der Waals surface area (Å²) < 4.78 is 348. The van der Waals surface area contributed by atoms with Gasteiger partial charge in [-0.15, -0.1) is 0 Å². The molecule has 4 fully saturated rings. The summed E-state index contributed by atoms with van der Waals surface area (Å²) >= 11 is 0. The average molecular weight is 1710 g/mol. The van der Waals surface area contributed by atoms with Gasteiger partial charge in [0.25, 0.3) is 0 Å². The largest absolute Gasteiger partial charge is 0.493 e. The molecule has 0 saturated carbocycles. The van der Waals surface area contributed by atoms with E-state index in [4.69, 9.17) is 121 Å². The zero-order valence-electron chi connectivity index (χ0n) is 107. The van der Waals surface area contributed by atoms with Crippen molar-refractivity contribution >= 4 is 23.9 Å². The second-order valence-corrected chi connectivity index (χ2v) is 33.1. The normalized spacial score (nSPS) is 34.6. The lowest BCUT2D eigenvalue weighted by molar-refractivity contribution is -0.161. The fourth-order valence-electron chi connectivity index (χ4n) is 16.3. The number of nitrogens with zero attached hydrogens (tertiary/aromatic N) is 4. The maximum absolute atomic E-state index is 13.0. The van der Waals surface area contributed by atoms with Gasteiger partial charge in [-0.3, -0.25) is 38.8 Å². The Hall–Kier alpha value is -7.16. The van der Waals surface area contributed by atoms with Gasteiger partial charge in [-0.1, -0.05) is 110 Å². The van der Waals surface area contributed by atoms with Crippen LogP contribution in [0.15, 0.2) is 48.5 Å². The molecule has 0 bridgehead atoms. The molecule has 4 saturated heterocycles.